The number of thiazole rings is 1. The normalized spacial score (nSPS) is 11.1. The maximum atomic E-state index is 13.0. The molecule has 3 aromatic rings. The third kappa shape index (κ3) is 4.54. The van der Waals surface area contributed by atoms with Crippen molar-refractivity contribution in [1.29, 1.82) is 0 Å². The number of hydrogen-bond acceptors (Lipinski definition) is 7. The van der Waals surface area contributed by atoms with Crippen molar-refractivity contribution in [3.8, 4) is 21.7 Å². The summed E-state index contributed by atoms with van der Waals surface area (Å²) in [7, 11) is 2.63. The quantitative estimate of drug-likeness (QED) is 0.601. The predicted octanol–water partition coefficient (Wildman–Crippen LogP) is 3.82. The van der Waals surface area contributed by atoms with Gasteiger partial charge in [0.15, 0.2) is 5.69 Å². The van der Waals surface area contributed by atoms with Crippen molar-refractivity contribution in [3.63, 3.8) is 0 Å². The fourth-order valence-corrected chi connectivity index (χ4v) is 3.31. The summed E-state index contributed by atoms with van der Waals surface area (Å²) in [5, 5.41) is 5.77. The van der Waals surface area contributed by atoms with E-state index in [0.717, 1.165) is 16.7 Å². The summed E-state index contributed by atoms with van der Waals surface area (Å²) in [5.41, 5.74) is 0.186. The highest BCUT2D eigenvalue weighted by Gasteiger charge is 2.34. The number of carbonyl (C=O) groups excluding carboxylic acids is 2. The van der Waals surface area contributed by atoms with Gasteiger partial charge in [-0.1, -0.05) is 0 Å². The second kappa shape index (κ2) is 8.45. The zero-order valence-electron chi connectivity index (χ0n) is 15.6. The Labute approximate surface area is 172 Å². The highest BCUT2D eigenvalue weighted by atomic mass is 32.1. The lowest BCUT2D eigenvalue weighted by Gasteiger charge is -2.11. The van der Waals surface area contributed by atoms with Crippen LogP contribution in [-0.4, -0.2) is 41.1 Å². The van der Waals surface area contributed by atoms with Gasteiger partial charge in [-0.3, -0.25) is 10.3 Å². The van der Waals surface area contributed by atoms with Crippen molar-refractivity contribution in [2.24, 2.45) is 0 Å². The number of ether oxygens (including phenoxy) is 1. The fraction of sp³-hybridized carbons (Fsp3) is 0.167. The molecule has 0 atom stereocenters. The Morgan fingerprint density at radius 1 is 1.13 bits per heavy atom. The van der Waals surface area contributed by atoms with Crippen molar-refractivity contribution in [2.75, 3.05) is 19.5 Å². The molecule has 0 spiro atoms. The maximum Gasteiger partial charge on any atom is 0.434 e. The van der Waals surface area contributed by atoms with E-state index in [-0.39, 0.29) is 22.0 Å². The van der Waals surface area contributed by atoms with Crippen LogP contribution < -0.4 is 10.6 Å². The molecule has 12 heteroatoms. The van der Waals surface area contributed by atoms with Crippen LogP contribution in [-0.2, 0) is 10.9 Å². The lowest BCUT2D eigenvalue weighted by atomic mass is 10.0. The summed E-state index contributed by atoms with van der Waals surface area (Å²) in [4.78, 5) is 35.2. The number of carbonyl (C=O) groups is 2. The molecule has 8 nitrogen and oxygen atoms in total. The summed E-state index contributed by atoms with van der Waals surface area (Å²) in [6, 6.07) is 2.32. The topological polar surface area (TPSA) is 106 Å². The second-order valence-corrected chi connectivity index (χ2v) is 6.67. The number of aromatic nitrogens is 3. The molecule has 3 heterocycles. The van der Waals surface area contributed by atoms with Gasteiger partial charge in [-0.25, -0.2) is 19.6 Å². The first kappa shape index (κ1) is 21.2. The number of hydrogen-bond donors (Lipinski definition) is 2. The van der Waals surface area contributed by atoms with E-state index >= 15 is 0 Å². The van der Waals surface area contributed by atoms with Crippen molar-refractivity contribution in [3.05, 3.63) is 47.4 Å². The molecule has 3 aromatic heterocycles. The molecule has 156 valence electrons. The largest absolute Gasteiger partial charge is 0.465 e. The third-order valence-electron chi connectivity index (χ3n) is 3.87. The number of pyridine rings is 2. The average molecular weight is 437 g/mol. The Kier molecular flexibility index (Phi) is 5.96. The van der Waals surface area contributed by atoms with Crippen LogP contribution in [0.2, 0.25) is 0 Å². The molecule has 0 bridgehead atoms. The SMILES string of the molecule is CNC(=O)Nc1cc(-c2nc(C(F)(F)F)cs2)c(-c2cncc(C(=O)OC)c2)cn1. The molecule has 0 saturated carbocycles. The van der Waals surface area contributed by atoms with E-state index in [4.69, 9.17) is 0 Å². The fourth-order valence-electron chi connectivity index (χ4n) is 2.45. The Hall–Kier alpha value is -3.54. The molecule has 0 radical (unpaired) electrons. The Bertz CT molecular complexity index is 1100. The van der Waals surface area contributed by atoms with Gasteiger partial charge in [0, 0.05) is 47.7 Å². The summed E-state index contributed by atoms with van der Waals surface area (Å²) >= 11 is 0.787. The van der Waals surface area contributed by atoms with Crippen LogP contribution in [0.25, 0.3) is 21.7 Å². The smallest absolute Gasteiger partial charge is 0.434 e. The summed E-state index contributed by atoms with van der Waals surface area (Å²) < 4.78 is 43.7. The van der Waals surface area contributed by atoms with Crippen LogP contribution in [0, 0.1) is 0 Å². The van der Waals surface area contributed by atoms with Gasteiger partial charge in [0.2, 0.25) is 0 Å². The van der Waals surface area contributed by atoms with Gasteiger partial charge in [0.1, 0.15) is 10.8 Å². The molecular weight excluding hydrogens is 423 g/mol. The molecule has 3 rings (SSSR count). The lowest BCUT2D eigenvalue weighted by molar-refractivity contribution is -0.140. The second-order valence-electron chi connectivity index (χ2n) is 5.81. The number of nitrogens with one attached hydrogen (secondary N) is 2. The van der Waals surface area contributed by atoms with Crippen LogP contribution in [0.4, 0.5) is 23.8 Å². The monoisotopic (exact) mass is 437 g/mol. The van der Waals surface area contributed by atoms with E-state index in [1.54, 1.807) is 0 Å². The molecule has 0 aliphatic rings. The van der Waals surface area contributed by atoms with Gasteiger partial charge in [-0.05, 0) is 12.1 Å². The van der Waals surface area contributed by atoms with Crippen LogP contribution in [0.3, 0.4) is 0 Å². The van der Waals surface area contributed by atoms with E-state index in [9.17, 15) is 22.8 Å². The zero-order valence-corrected chi connectivity index (χ0v) is 16.4. The zero-order chi connectivity index (χ0) is 21.9. The highest BCUT2D eigenvalue weighted by Crippen LogP contribution is 2.38. The van der Waals surface area contributed by atoms with E-state index < -0.39 is 23.9 Å². The highest BCUT2D eigenvalue weighted by molar-refractivity contribution is 7.13. The van der Waals surface area contributed by atoms with Crippen LogP contribution in [0.1, 0.15) is 16.1 Å². The van der Waals surface area contributed by atoms with E-state index in [0.29, 0.717) is 11.1 Å². The molecule has 2 amide bonds. The number of esters is 1. The number of methoxy groups -OCH3 is 1. The molecule has 0 aliphatic heterocycles. The minimum absolute atomic E-state index is 0.0585. The van der Waals surface area contributed by atoms with Crippen molar-refractivity contribution in [2.45, 2.75) is 6.18 Å². The van der Waals surface area contributed by atoms with E-state index in [2.05, 4.69) is 30.3 Å². The molecule has 0 saturated heterocycles. The van der Waals surface area contributed by atoms with E-state index in [1.165, 1.54) is 44.9 Å². The minimum atomic E-state index is -4.60. The first-order chi connectivity index (χ1) is 14.2. The number of nitrogens with zero attached hydrogens (tertiary/aromatic N) is 3. The molecule has 0 aliphatic carbocycles. The van der Waals surface area contributed by atoms with Gasteiger partial charge in [0.05, 0.1) is 12.7 Å². The van der Waals surface area contributed by atoms with Gasteiger partial charge in [-0.2, -0.15) is 13.2 Å². The number of urea groups is 1. The predicted molar refractivity (Wildman–Crippen MR) is 103 cm³/mol. The van der Waals surface area contributed by atoms with Crippen LogP contribution >= 0.6 is 11.3 Å². The Morgan fingerprint density at radius 2 is 1.90 bits per heavy atom. The average Bonchev–Trinajstić information content (AvgIpc) is 3.24. The molecular formula is C18H14F3N5O3S. The van der Waals surface area contributed by atoms with Crippen LogP contribution in [0.15, 0.2) is 36.1 Å². The van der Waals surface area contributed by atoms with Crippen LogP contribution in [0.5, 0.6) is 0 Å². The number of anilines is 1. The Morgan fingerprint density at radius 3 is 2.53 bits per heavy atom. The first-order valence-electron chi connectivity index (χ1n) is 8.28. The summed E-state index contributed by atoms with van der Waals surface area (Å²) in [6.07, 6.45) is -0.517. The van der Waals surface area contributed by atoms with Gasteiger partial charge in [0.25, 0.3) is 0 Å². The van der Waals surface area contributed by atoms with Gasteiger partial charge in [-0.15, -0.1) is 11.3 Å². The molecule has 30 heavy (non-hydrogen) atoms. The first-order valence-corrected chi connectivity index (χ1v) is 9.16. The van der Waals surface area contributed by atoms with Crippen molar-refractivity contribution < 1.29 is 27.5 Å². The Balaban J connectivity index is 2.14. The van der Waals surface area contributed by atoms with Gasteiger partial charge < -0.3 is 10.1 Å². The molecule has 0 unspecified atom stereocenters. The molecule has 2 N–H and O–H groups in total. The number of alkyl halides is 3. The number of rotatable bonds is 4. The third-order valence-corrected chi connectivity index (χ3v) is 4.74. The summed E-state index contributed by atoms with van der Waals surface area (Å²) in [6.45, 7) is 0. The lowest BCUT2D eigenvalue weighted by Crippen LogP contribution is -2.24. The minimum Gasteiger partial charge on any atom is -0.465 e. The van der Waals surface area contributed by atoms with Crippen molar-refractivity contribution >= 4 is 29.2 Å². The van der Waals surface area contributed by atoms with Crippen molar-refractivity contribution in [1.82, 2.24) is 20.3 Å². The van der Waals surface area contributed by atoms with Gasteiger partial charge >= 0.3 is 18.2 Å². The number of halogens is 3. The van der Waals surface area contributed by atoms with E-state index in [1.807, 2.05) is 0 Å². The number of amides is 2. The molecule has 0 aromatic carbocycles. The standard InChI is InChI=1S/C18H14F3N5O3S/c1-22-17(28)26-14-4-11(15-25-13(8-30-15)18(19,20)21)12(7-24-14)9-3-10(6-23-5-9)16(27)29-2/h3-8H,1-2H3,(H2,22,24,26,28). The molecule has 0 fully saturated rings. The summed E-state index contributed by atoms with van der Waals surface area (Å²) in [5.74, 6) is -0.515. The maximum absolute atomic E-state index is 13.0.